The van der Waals surface area contributed by atoms with Gasteiger partial charge in [-0.15, -0.1) is 0 Å². The largest absolute Gasteiger partial charge is 0.348 e. The van der Waals surface area contributed by atoms with E-state index in [0.29, 0.717) is 23.0 Å². The fourth-order valence-corrected chi connectivity index (χ4v) is 2.06. The Hall–Kier alpha value is -1.87. The maximum absolute atomic E-state index is 12.0. The van der Waals surface area contributed by atoms with Gasteiger partial charge in [0.2, 0.25) is 0 Å². The van der Waals surface area contributed by atoms with Crippen LogP contribution in [0.15, 0.2) is 42.7 Å². The van der Waals surface area contributed by atoms with Crippen LogP contribution in [0, 0.1) is 0 Å². The number of hydrogen-bond donors (Lipinski definition) is 1. The molecule has 0 fully saturated rings. The van der Waals surface area contributed by atoms with Crippen molar-refractivity contribution >= 4 is 17.5 Å². The summed E-state index contributed by atoms with van der Waals surface area (Å²) in [5.41, 5.74) is 2.80. The highest BCUT2D eigenvalue weighted by Crippen LogP contribution is 2.15. The number of nitrogens with zero attached hydrogens (tertiary/aromatic N) is 1. The lowest BCUT2D eigenvalue weighted by atomic mass is 10.0. The highest BCUT2D eigenvalue weighted by Gasteiger charge is 2.09. The van der Waals surface area contributed by atoms with Gasteiger partial charge >= 0.3 is 0 Å². The number of carbonyl (C=O) groups is 1. The summed E-state index contributed by atoms with van der Waals surface area (Å²) < 4.78 is 0. The molecule has 0 aliphatic heterocycles. The number of benzene rings is 1. The van der Waals surface area contributed by atoms with Gasteiger partial charge in [-0.3, -0.25) is 9.78 Å². The summed E-state index contributed by atoms with van der Waals surface area (Å²) in [4.78, 5) is 15.9. The Morgan fingerprint density at radius 1 is 1.25 bits per heavy atom. The van der Waals surface area contributed by atoms with Crippen LogP contribution in [-0.4, -0.2) is 10.9 Å². The molecule has 1 aromatic heterocycles. The fraction of sp³-hybridized carbons (Fsp3) is 0.250. The van der Waals surface area contributed by atoms with Crippen LogP contribution in [0.4, 0.5) is 0 Å². The molecule has 2 aromatic rings. The Balaban J connectivity index is 1.98. The topological polar surface area (TPSA) is 42.0 Å². The molecule has 3 nitrogen and oxygen atoms in total. The van der Waals surface area contributed by atoms with Crippen molar-refractivity contribution in [3.63, 3.8) is 0 Å². The molecule has 0 atom stereocenters. The number of nitrogens with one attached hydrogen (secondary N) is 1. The number of aromatic nitrogens is 1. The molecule has 104 valence electrons. The highest BCUT2D eigenvalue weighted by molar-refractivity contribution is 6.33. The van der Waals surface area contributed by atoms with Crippen LogP contribution in [0.5, 0.6) is 0 Å². The van der Waals surface area contributed by atoms with Crippen LogP contribution in [-0.2, 0) is 6.54 Å². The average molecular weight is 289 g/mol. The lowest BCUT2D eigenvalue weighted by Gasteiger charge is -2.09. The Kier molecular flexibility index (Phi) is 4.74. The van der Waals surface area contributed by atoms with Crippen molar-refractivity contribution in [1.29, 1.82) is 0 Å². The quantitative estimate of drug-likeness (QED) is 0.930. The minimum Gasteiger partial charge on any atom is -0.348 e. The fourth-order valence-electron chi connectivity index (χ4n) is 1.86. The molecule has 0 bridgehead atoms. The zero-order valence-electron chi connectivity index (χ0n) is 11.6. The number of hydrogen-bond acceptors (Lipinski definition) is 2. The predicted molar refractivity (Wildman–Crippen MR) is 80.9 cm³/mol. The predicted octanol–water partition coefficient (Wildman–Crippen LogP) is 3.79. The normalized spacial score (nSPS) is 10.6. The van der Waals surface area contributed by atoms with Gasteiger partial charge in [-0.2, -0.15) is 0 Å². The first-order valence-electron chi connectivity index (χ1n) is 6.54. The molecule has 0 radical (unpaired) electrons. The van der Waals surface area contributed by atoms with Gasteiger partial charge in [-0.05, 0) is 23.1 Å². The van der Waals surface area contributed by atoms with E-state index in [4.69, 9.17) is 11.6 Å². The van der Waals surface area contributed by atoms with Crippen LogP contribution in [0.1, 0.15) is 41.3 Å². The molecule has 1 aromatic carbocycles. The van der Waals surface area contributed by atoms with E-state index in [1.807, 2.05) is 12.1 Å². The van der Waals surface area contributed by atoms with Crippen molar-refractivity contribution in [2.75, 3.05) is 0 Å². The summed E-state index contributed by atoms with van der Waals surface area (Å²) in [5.74, 6) is 0.319. The van der Waals surface area contributed by atoms with E-state index < -0.39 is 0 Å². The molecule has 2 rings (SSSR count). The Morgan fingerprint density at radius 2 is 1.95 bits per heavy atom. The van der Waals surface area contributed by atoms with Gasteiger partial charge in [0, 0.05) is 18.9 Å². The van der Waals surface area contributed by atoms with E-state index in [1.165, 1.54) is 11.8 Å². The molecule has 1 amide bonds. The summed E-state index contributed by atoms with van der Waals surface area (Å²) in [6.07, 6.45) is 3.02. The monoisotopic (exact) mass is 288 g/mol. The number of pyridine rings is 1. The third kappa shape index (κ3) is 3.58. The molecule has 0 unspecified atom stereocenters. The SMILES string of the molecule is CC(C)c1ccc(CNC(=O)c2ccncc2Cl)cc1. The van der Waals surface area contributed by atoms with Crippen LogP contribution < -0.4 is 5.32 Å². The number of halogens is 1. The maximum atomic E-state index is 12.0. The zero-order chi connectivity index (χ0) is 14.5. The number of carbonyl (C=O) groups excluding carboxylic acids is 1. The molecule has 20 heavy (non-hydrogen) atoms. The Morgan fingerprint density at radius 3 is 2.55 bits per heavy atom. The third-order valence-corrected chi connectivity index (χ3v) is 3.42. The van der Waals surface area contributed by atoms with Crippen molar-refractivity contribution in [1.82, 2.24) is 10.3 Å². The lowest BCUT2D eigenvalue weighted by molar-refractivity contribution is 0.0951. The minimum absolute atomic E-state index is 0.190. The number of amides is 1. The second kappa shape index (κ2) is 6.53. The molecule has 0 saturated carbocycles. The van der Waals surface area contributed by atoms with Crippen LogP contribution in [0.3, 0.4) is 0 Å². The third-order valence-electron chi connectivity index (χ3n) is 3.12. The molecule has 4 heteroatoms. The van der Waals surface area contributed by atoms with Gasteiger partial charge in [-0.25, -0.2) is 0 Å². The van der Waals surface area contributed by atoms with Crippen molar-refractivity contribution < 1.29 is 4.79 Å². The van der Waals surface area contributed by atoms with Crippen LogP contribution >= 0.6 is 11.6 Å². The average Bonchev–Trinajstić information content (AvgIpc) is 2.45. The first-order chi connectivity index (χ1) is 9.58. The van der Waals surface area contributed by atoms with Gasteiger partial charge < -0.3 is 5.32 Å². The van der Waals surface area contributed by atoms with E-state index in [0.717, 1.165) is 5.56 Å². The summed E-state index contributed by atoms with van der Waals surface area (Å²) >= 11 is 5.93. The summed E-state index contributed by atoms with van der Waals surface area (Å²) in [7, 11) is 0. The first kappa shape index (κ1) is 14.5. The van der Waals surface area contributed by atoms with Crippen molar-refractivity contribution in [3.8, 4) is 0 Å². The molecule has 1 N–H and O–H groups in total. The van der Waals surface area contributed by atoms with Gasteiger partial charge in [0.1, 0.15) is 0 Å². The molecular weight excluding hydrogens is 272 g/mol. The van der Waals surface area contributed by atoms with Gasteiger partial charge in [0.15, 0.2) is 0 Å². The van der Waals surface area contributed by atoms with E-state index >= 15 is 0 Å². The smallest absolute Gasteiger partial charge is 0.253 e. The van der Waals surface area contributed by atoms with E-state index in [2.05, 4.69) is 36.3 Å². The molecule has 0 aliphatic carbocycles. The number of rotatable bonds is 4. The van der Waals surface area contributed by atoms with Gasteiger partial charge in [0.25, 0.3) is 5.91 Å². The van der Waals surface area contributed by atoms with Gasteiger partial charge in [-0.1, -0.05) is 49.7 Å². The van der Waals surface area contributed by atoms with Crippen LogP contribution in [0.2, 0.25) is 5.02 Å². The molecular formula is C16H17ClN2O. The van der Waals surface area contributed by atoms with E-state index in [9.17, 15) is 4.79 Å². The second-order valence-electron chi connectivity index (χ2n) is 4.93. The zero-order valence-corrected chi connectivity index (χ0v) is 12.3. The Bertz CT molecular complexity index is 594. The van der Waals surface area contributed by atoms with E-state index in [1.54, 1.807) is 12.3 Å². The Labute approximate surface area is 124 Å². The second-order valence-corrected chi connectivity index (χ2v) is 5.34. The van der Waals surface area contributed by atoms with E-state index in [-0.39, 0.29) is 5.91 Å². The molecule has 0 saturated heterocycles. The van der Waals surface area contributed by atoms with Crippen LogP contribution in [0.25, 0.3) is 0 Å². The molecule has 0 aliphatic rings. The van der Waals surface area contributed by atoms with Crippen molar-refractivity contribution in [2.24, 2.45) is 0 Å². The maximum Gasteiger partial charge on any atom is 0.253 e. The lowest BCUT2D eigenvalue weighted by Crippen LogP contribution is -2.23. The summed E-state index contributed by atoms with van der Waals surface area (Å²) in [6.45, 7) is 4.79. The summed E-state index contributed by atoms with van der Waals surface area (Å²) in [5, 5.41) is 3.21. The van der Waals surface area contributed by atoms with Crippen molar-refractivity contribution in [2.45, 2.75) is 26.3 Å². The molecule has 1 heterocycles. The minimum atomic E-state index is -0.190. The highest BCUT2D eigenvalue weighted by atomic mass is 35.5. The summed E-state index contributed by atoms with van der Waals surface area (Å²) in [6, 6.07) is 9.85. The van der Waals surface area contributed by atoms with Crippen molar-refractivity contribution in [3.05, 3.63) is 64.4 Å². The first-order valence-corrected chi connectivity index (χ1v) is 6.92. The molecule has 0 spiro atoms. The standard InChI is InChI=1S/C16H17ClN2O/c1-11(2)13-5-3-12(4-6-13)9-19-16(20)14-7-8-18-10-15(14)17/h3-8,10-11H,9H2,1-2H3,(H,19,20). The van der Waals surface area contributed by atoms with Gasteiger partial charge in [0.05, 0.1) is 10.6 Å².